The van der Waals surface area contributed by atoms with Crippen LogP contribution in [0.4, 0.5) is 0 Å². The van der Waals surface area contributed by atoms with Crippen molar-refractivity contribution < 1.29 is 9.69 Å². The van der Waals surface area contributed by atoms with Crippen molar-refractivity contribution in [1.82, 2.24) is 5.32 Å². The predicted octanol–water partition coefficient (Wildman–Crippen LogP) is 1.98. The van der Waals surface area contributed by atoms with Crippen molar-refractivity contribution >= 4 is 17.7 Å². The van der Waals surface area contributed by atoms with E-state index in [0.29, 0.717) is 12.1 Å². The average Bonchev–Trinajstić information content (AvgIpc) is 2.53. The van der Waals surface area contributed by atoms with Crippen LogP contribution >= 0.6 is 11.8 Å². The van der Waals surface area contributed by atoms with Crippen LogP contribution in [0.2, 0.25) is 0 Å². The lowest BCUT2D eigenvalue weighted by Crippen LogP contribution is -3.04. The topological polar surface area (TPSA) is 33.5 Å². The third-order valence-electron chi connectivity index (χ3n) is 3.39. The van der Waals surface area contributed by atoms with Crippen molar-refractivity contribution in [3.05, 3.63) is 65.2 Å². The van der Waals surface area contributed by atoms with E-state index in [4.69, 9.17) is 0 Å². The molecule has 0 heterocycles. The Balaban J connectivity index is 1.90. The SMILES string of the molecule is CSc1ccc(C(=O)NCc2ccc(C[NH+](C)C)cc2)cc1. The Morgan fingerprint density at radius 1 is 1.00 bits per heavy atom. The van der Waals surface area contributed by atoms with Gasteiger partial charge in [0.1, 0.15) is 6.54 Å². The van der Waals surface area contributed by atoms with Gasteiger partial charge in [0, 0.05) is 22.6 Å². The van der Waals surface area contributed by atoms with Gasteiger partial charge in [-0.05, 0) is 36.1 Å². The van der Waals surface area contributed by atoms with Crippen LogP contribution in [0.25, 0.3) is 0 Å². The molecule has 116 valence electrons. The minimum absolute atomic E-state index is 0.0329. The fraction of sp³-hybridized carbons (Fsp3) is 0.278. The molecule has 2 rings (SSSR count). The second-order valence-corrected chi connectivity index (χ2v) is 6.49. The van der Waals surface area contributed by atoms with Crippen LogP contribution in [0, 0.1) is 0 Å². The van der Waals surface area contributed by atoms with Crippen LogP contribution < -0.4 is 10.2 Å². The van der Waals surface area contributed by atoms with Gasteiger partial charge in [0.25, 0.3) is 5.91 Å². The van der Waals surface area contributed by atoms with Gasteiger partial charge >= 0.3 is 0 Å². The lowest BCUT2D eigenvalue weighted by Gasteiger charge is -2.09. The summed E-state index contributed by atoms with van der Waals surface area (Å²) in [5, 5.41) is 2.96. The lowest BCUT2D eigenvalue weighted by atomic mass is 10.1. The van der Waals surface area contributed by atoms with Crippen LogP contribution in [0.3, 0.4) is 0 Å². The van der Waals surface area contributed by atoms with Crippen LogP contribution in [0.15, 0.2) is 53.4 Å². The van der Waals surface area contributed by atoms with Crippen LogP contribution in [-0.2, 0) is 13.1 Å². The fourth-order valence-electron chi connectivity index (χ4n) is 2.21. The van der Waals surface area contributed by atoms with Crippen molar-refractivity contribution in [1.29, 1.82) is 0 Å². The number of hydrogen-bond donors (Lipinski definition) is 2. The van der Waals surface area contributed by atoms with E-state index >= 15 is 0 Å². The standard InChI is InChI=1S/C18H22N2OS/c1-20(2)13-15-6-4-14(5-7-15)12-19-18(21)16-8-10-17(22-3)11-9-16/h4-11H,12-13H2,1-3H3,(H,19,21)/p+1. The van der Waals surface area contributed by atoms with E-state index in [2.05, 4.69) is 43.7 Å². The Morgan fingerprint density at radius 3 is 2.14 bits per heavy atom. The summed E-state index contributed by atoms with van der Waals surface area (Å²) >= 11 is 1.67. The fourth-order valence-corrected chi connectivity index (χ4v) is 2.62. The number of carbonyl (C=O) groups excluding carboxylic acids is 1. The van der Waals surface area contributed by atoms with E-state index < -0.39 is 0 Å². The van der Waals surface area contributed by atoms with E-state index in [1.807, 2.05) is 30.5 Å². The van der Waals surface area contributed by atoms with E-state index in [9.17, 15) is 4.79 Å². The van der Waals surface area contributed by atoms with Gasteiger partial charge in [-0.3, -0.25) is 4.79 Å². The first-order valence-corrected chi connectivity index (χ1v) is 8.60. The smallest absolute Gasteiger partial charge is 0.251 e. The summed E-state index contributed by atoms with van der Waals surface area (Å²) in [7, 11) is 4.27. The number of hydrogen-bond acceptors (Lipinski definition) is 2. The molecule has 0 spiro atoms. The normalized spacial score (nSPS) is 10.7. The van der Waals surface area contributed by atoms with Crippen molar-refractivity contribution in [2.24, 2.45) is 0 Å². The number of rotatable bonds is 6. The second-order valence-electron chi connectivity index (χ2n) is 5.61. The molecule has 2 N–H and O–H groups in total. The zero-order valence-electron chi connectivity index (χ0n) is 13.3. The minimum atomic E-state index is -0.0329. The highest BCUT2D eigenvalue weighted by Crippen LogP contribution is 2.14. The van der Waals surface area contributed by atoms with Gasteiger partial charge in [0.15, 0.2) is 0 Å². The molecule has 0 saturated carbocycles. The maximum absolute atomic E-state index is 12.1. The molecular formula is C18H23N2OS+. The molecule has 0 bridgehead atoms. The molecule has 0 fully saturated rings. The molecule has 2 aromatic rings. The monoisotopic (exact) mass is 315 g/mol. The summed E-state index contributed by atoms with van der Waals surface area (Å²) in [6.07, 6.45) is 2.02. The molecule has 0 aliphatic heterocycles. The third-order valence-corrected chi connectivity index (χ3v) is 4.13. The van der Waals surface area contributed by atoms with Gasteiger partial charge in [0.05, 0.1) is 14.1 Å². The van der Waals surface area contributed by atoms with E-state index in [1.165, 1.54) is 10.5 Å². The number of thioether (sulfide) groups is 1. The molecule has 2 aromatic carbocycles. The molecule has 4 heteroatoms. The molecule has 0 saturated heterocycles. The maximum Gasteiger partial charge on any atom is 0.251 e. The van der Waals surface area contributed by atoms with Gasteiger partial charge in [-0.25, -0.2) is 0 Å². The highest BCUT2D eigenvalue weighted by Gasteiger charge is 2.05. The Labute approximate surface area is 136 Å². The quantitative estimate of drug-likeness (QED) is 0.799. The Bertz CT molecular complexity index is 606. The third kappa shape index (κ3) is 4.90. The van der Waals surface area contributed by atoms with Crippen LogP contribution in [0.1, 0.15) is 21.5 Å². The molecule has 3 nitrogen and oxygen atoms in total. The summed E-state index contributed by atoms with van der Waals surface area (Å²) in [4.78, 5) is 14.7. The minimum Gasteiger partial charge on any atom is -0.348 e. The first kappa shape index (κ1) is 16.6. The lowest BCUT2D eigenvalue weighted by molar-refractivity contribution is -0.872. The summed E-state index contributed by atoms with van der Waals surface area (Å²) in [6, 6.07) is 16.1. The van der Waals surface area contributed by atoms with Crippen molar-refractivity contribution in [3.63, 3.8) is 0 Å². The molecule has 22 heavy (non-hydrogen) atoms. The molecule has 0 unspecified atom stereocenters. The summed E-state index contributed by atoms with van der Waals surface area (Å²) < 4.78 is 0. The molecule has 0 aliphatic carbocycles. The van der Waals surface area contributed by atoms with Gasteiger partial charge in [-0.15, -0.1) is 11.8 Å². The molecule has 0 radical (unpaired) electrons. The molecule has 0 atom stereocenters. The highest BCUT2D eigenvalue weighted by molar-refractivity contribution is 7.98. The Morgan fingerprint density at radius 2 is 1.59 bits per heavy atom. The summed E-state index contributed by atoms with van der Waals surface area (Å²) in [5.74, 6) is -0.0329. The van der Waals surface area contributed by atoms with Crippen molar-refractivity contribution in [2.45, 2.75) is 18.0 Å². The van der Waals surface area contributed by atoms with E-state index in [0.717, 1.165) is 17.0 Å². The summed E-state index contributed by atoms with van der Waals surface area (Å²) in [6.45, 7) is 1.56. The van der Waals surface area contributed by atoms with Crippen molar-refractivity contribution in [3.8, 4) is 0 Å². The molecule has 0 aromatic heterocycles. The zero-order valence-corrected chi connectivity index (χ0v) is 14.2. The van der Waals surface area contributed by atoms with E-state index in [-0.39, 0.29) is 5.91 Å². The number of carbonyl (C=O) groups is 1. The Kier molecular flexibility index (Phi) is 6.04. The van der Waals surface area contributed by atoms with Gasteiger partial charge in [-0.1, -0.05) is 24.3 Å². The zero-order chi connectivity index (χ0) is 15.9. The molecular weight excluding hydrogens is 292 g/mol. The van der Waals surface area contributed by atoms with Crippen molar-refractivity contribution in [2.75, 3.05) is 20.4 Å². The molecule has 1 amide bonds. The van der Waals surface area contributed by atoms with Gasteiger partial charge in [0.2, 0.25) is 0 Å². The van der Waals surface area contributed by atoms with Gasteiger partial charge < -0.3 is 10.2 Å². The van der Waals surface area contributed by atoms with Crippen LogP contribution in [0.5, 0.6) is 0 Å². The first-order valence-electron chi connectivity index (χ1n) is 7.37. The predicted molar refractivity (Wildman–Crippen MR) is 92.3 cm³/mol. The number of quaternary nitrogens is 1. The number of nitrogens with one attached hydrogen (secondary N) is 2. The van der Waals surface area contributed by atoms with Crippen LogP contribution in [-0.4, -0.2) is 26.3 Å². The summed E-state index contributed by atoms with van der Waals surface area (Å²) in [5.41, 5.74) is 3.12. The largest absolute Gasteiger partial charge is 0.348 e. The second kappa shape index (κ2) is 8.01. The average molecular weight is 315 g/mol. The number of amides is 1. The Hall–Kier alpha value is -1.78. The maximum atomic E-state index is 12.1. The number of benzene rings is 2. The highest BCUT2D eigenvalue weighted by atomic mass is 32.2. The van der Waals surface area contributed by atoms with Gasteiger partial charge in [-0.2, -0.15) is 0 Å². The van der Waals surface area contributed by atoms with E-state index in [1.54, 1.807) is 11.8 Å². The molecule has 0 aliphatic rings. The first-order chi connectivity index (χ1) is 10.6.